The van der Waals surface area contributed by atoms with Crippen molar-refractivity contribution in [2.45, 2.75) is 13.5 Å². The summed E-state index contributed by atoms with van der Waals surface area (Å²) in [6, 6.07) is 15.9. The minimum atomic E-state index is 0.491. The highest BCUT2D eigenvalue weighted by Crippen LogP contribution is 2.26. The van der Waals surface area contributed by atoms with Crippen molar-refractivity contribution in [2.24, 2.45) is 10.7 Å². The fourth-order valence-electron chi connectivity index (χ4n) is 2.53. The lowest BCUT2D eigenvalue weighted by Crippen LogP contribution is -2.44. The molecule has 1 heterocycles. The van der Waals surface area contributed by atoms with Crippen molar-refractivity contribution in [2.75, 3.05) is 26.3 Å². The van der Waals surface area contributed by atoms with Gasteiger partial charge in [0.05, 0.1) is 19.8 Å². The zero-order valence-electron chi connectivity index (χ0n) is 13.9. The summed E-state index contributed by atoms with van der Waals surface area (Å²) in [4.78, 5) is 6.57. The predicted octanol–water partition coefficient (Wildman–Crippen LogP) is 2.93. The van der Waals surface area contributed by atoms with Gasteiger partial charge in [-0.2, -0.15) is 0 Å². The van der Waals surface area contributed by atoms with E-state index in [1.165, 1.54) is 5.56 Å². The molecule has 1 aliphatic heterocycles. The molecule has 0 atom stereocenters. The molecule has 24 heavy (non-hydrogen) atoms. The zero-order chi connectivity index (χ0) is 16.8. The summed E-state index contributed by atoms with van der Waals surface area (Å²) in [6.45, 7) is 5.52. The number of nitrogens with zero attached hydrogens (tertiary/aromatic N) is 2. The van der Waals surface area contributed by atoms with E-state index in [1.807, 2.05) is 53.4 Å². The Morgan fingerprint density at radius 1 is 1.12 bits per heavy atom. The normalized spacial score (nSPS) is 15.4. The smallest absolute Gasteiger partial charge is 0.191 e. The molecule has 0 amide bonds. The van der Waals surface area contributed by atoms with Gasteiger partial charge in [-0.05, 0) is 25.1 Å². The molecule has 0 unspecified atom stereocenters. The molecule has 2 aromatic rings. The molecule has 0 saturated carbocycles. The Morgan fingerprint density at radius 3 is 2.58 bits per heavy atom. The van der Waals surface area contributed by atoms with Crippen molar-refractivity contribution in [1.29, 1.82) is 0 Å². The van der Waals surface area contributed by atoms with Gasteiger partial charge < -0.3 is 20.1 Å². The molecule has 1 fully saturated rings. The highest BCUT2D eigenvalue weighted by Gasteiger charge is 2.12. The van der Waals surface area contributed by atoms with Crippen LogP contribution in [0.5, 0.6) is 11.5 Å². The van der Waals surface area contributed by atoms with E-state index >= 15 is 0 Å². The van der Waals surface area contributed by atoms with E-state index in [0.29, 0.717) is 25.7 Å². The van der Waals surface area contributed by atoms with Gasteiger partial charge in [-0.1, -0.05) is 35.9 Å². The second kappa shape index (κ2) is 7.84. The van der Waals surface area contributed by atoms with E-state index in [2.05, 4.69) is 11.9 Å². The molecular formula is C19H23N3O2. The molecule has 0 radical (unpaired) electrons. The molecule has 1 saturated heterocycles. The Hall–Kier alpha value is -2.53. The molecule has 0 spiro atoms. The molecule has 1 aliphatic rings. The minimum absolute atomic E-state index is 0.491. The third kappa shape index (κ3) is 4.26. The van der Waals surface area contributed by atoms with Gasteiger partial charge in [-0.3, -0.25) is 0 Å². The molecule has 2 aromatic carbocycles. The number of para-hydroxylation sites is 1. The van der Waals surface area contributed by atoms with Crippen LogP contribution in [0.1, 0.15) is 11.1 Å². The maximum Gasteiger partial charge on any atom is 0.191 e. The van der Waals surface area contributed by atoms with Gasteiger partial charge in [-0.15, -0.1) is 0 Å². The number of aryl methyl sites for hydroxylation is 1. The Bertz CT molecular complexity index is 692. The van der Waals surface area contributed by atoms with Crippen molar-refractivity contribution in [3.63, 3.8) is 0 Å². The Morgan fingerprint density at radius 2 is 1.83 bits per heavy atom. The van der Waals surface area contributed by atoms with E-state index in [0.717, 1.165) is 30.2 Å². The SMILES string of the molecule is Cc1ccc(Oc2ccccc2CN=C(N)N2CCOCC2)cc1. The van der Waals surface area contributed by atoms with E-state index < -0.39 is 0 Å². The van der Waals surface area contributed by atoms with Gasteiger partial charge in [-0.25, -0.2) is 4.99 Å². The standard InChI is InChI=1S/C19H23N3O2/c1-15-6-8-17(9-7-15)24-18-5-3-2-4-16(18)14-21-19(20)22-10-12-23-13-11-22/h2-9H,10-14H2,1H3,(H2,20,21). The van der Waals surface area contributed by atoms with Crippen molar-refractivity contribution in [1.82, 2.24) is 4.90 Å². The number of benzene rings is 2. The zero-order valence-corrected chi connectivity index (χ0v) is 13.9. The van der Waals surface area contributed by atoms with E-state index in [4.69, 9.17) is 15.2 Å². The number of rotatable bonds is 4. The Labute approximate surface area is 142 Å². The first-order valence-corrected chi connectivity index (χ1v) is 8.17. The maximum absolute atomic E-state index is 6.10. The van der Waals surface area contributed by atoms with Crippen LogP contribution in [0, 0.1) is 6.92 Å². The van der Waals surface area contributed by atoms with Gasteiger partial charge >= 0.3 is 0 Å². The largest absolute Gasteiger partial charge is 0.457 e. The van der Waals surface area contributed by atoms with Crippen LogP contribution in [-0.4, -0.2) is 37.2 Å². The van der Waals surface area contributed by atoms with Gasteiger partial charge in [0, 0.05) is 18.7 Å². The minimum Gasteiger partial charge on any atom is -0.457 e. The molecule has 126 valence electrons. The summed E-state index contributed by atoms with van der Waals surface area (Å²) in [5.74, 6) is 2.18. The van der Waals surface area contributed by atoms with Crippen LogP contribution in [0.25, 0.3) is 0 Å². The fraction of sp³-hybridized carbons (Fsp3) is 0.316. The quantitative estimate of drug-likeness (QED) is 0.693. The second-order valence-corrected chi connectivity index (χ2v) is 5.80. The monoisotopic (exact) mass is 325 g/mol. The summed E-state index contributed by atoms with van der Waals surface area (Å²) in [5, 5.41) is 0. The predicted molar refractivity (Wildman–Crippen MR) is 95.4 cm³/mol. The van der Waals surface area contributed by atoms with E-state index in [1.54, 1.807) is 0 Å². The summed E-state index contributed by atoms with van der Waals surface area (Å²) in [5.41, 5.74) is 8.31. The van der Waals surface area contributed by atoms with E-state index in [-0.39, 0.29) is 0 Å². The first kappa shape index (κ1) is 16.3. The topological polar surface area (TPSA) is 60.1 Å². The Kier molecular flexibility index (Phi) is 5.33. The number of hydrogen-bond acceptors (Lipinski definition) is 3. The average Bonchev–Trinajstić information content (AvgIpc) is 2.63. The number of aliphatic imine (C=N–C) groups is 1. The average molecular weight is 325 g/mol. The highest BCUT2D eigenvalue weighted by molar-refractivity contribution is 5.78. The number of nitrogens with two attached hydrogens (primary N) is 1. The summed E-state index contributed by atoms with van der Waals surface area (Å²) in [7, 11) is 0. The molecule has 0 aliphatic carbocycles. The lowest BCUT2D eigenvalue weighted by atomic mass is 10.2. The van der Waals surface area contributed by atoms with Crippen molar-refractivity contribution >= 4 is 5.96 Å². The molecule has 2 N–H and O–H groups in total. The second-order valence-electron chi connectivity index (χ2n) is 5.80. The molecular weight excluding hydrogens is 302 g/mol. The lowest BCUT2D eigenvalue weighted by molar-refractivity contribution is 0.0674. The van der Waals surface area contributed by atoms with Gasteiger partial charge in [0.15, 0.2) is 5.96 Å². The number of morpholine rings is 1. The van der Waals surface area contributed by atoms with Crippen molar-refractivity contribution in [3.05, 3.63) is 59.7 Å². The first-order chi connectivity index (χ1) is 11.7. The van der Waals surface area contributed by atoms with Crippen LogP contribution in [0.15, 0.2) is 53.5 Å². The third-order valence-corrected chi connectivity index (χ3v) is 3.97. The summed E-state index contributed by atoms with van der Waals surface area (Å²) in [6.07, 6.45) is 0. The van der Waals surface area contributed by atoms with Crippen molar-refractivity contribution < 1.29 is 9.47 Å². The van der Waals surface area contributed by atoms with Crippen LogP contribution in [-0.2, 0) is 11.3 Å². The van der Waals surface area contributed by atoms with Crippen LogP contribution >= 0.6 is 0 Å². The lowest BCUT2D eigenvalue weighted by Gasteiger charge is -2.27. The number of hydrogen-bond donors (Lipinski definition) is 1. The van der Waals surface area contributed by atoms with Crippen LogP contribution < -0.4 is 10.5 Å². The molecule has 0 aromatic heterocycles. The van der Waals surface area contributed by atoms with Crippen LogP contribution in [0.4, 0.5) is 0 Å². The van der Waals surface area contributed by atoms with E-state index in [9.17, 15) is 0 Å². The summed E-state index contributed by atoms with van der Waals surface area (Å²) < 4.78 is 11.3. The van der Waals surface area contributed by atoms with Crippen molar-refractivity contribution in [3.8, 4) is 11.5 Å². The fourth-order valence-corrected chi connectivity index (χ4v) is 2.53. The molecule has 3 rings (SSSR count). The van der Waals surface area contributed by atoms with Gasteiger partial charge in [0.2, 0.25) is 0 Å². The third-order valence-electron chi connectivity index (χ3n) is 3.97. The summed E-state index contributed by atoms with van der Waals surface area (Å²) >= 11 is 0. The van der Waals surface area contributed by atoms with Crippen LogP contribution in [0.3, 0.4) is 0 Å². The first-order valence-electron chi connectivity index (χ1n) is 8.17. The van der Waals surface area contributed by atoms with Crippen LogP contribution in [0.2, 0.25) is 0 Å². The molecule has 0 bridgehead atoms. The molecule has 5 heteroatoms. The molecule has 5 nitrogen and oxygen atoms in total. The highest BCUT2D eigenvalue weighted by atomic mass is 16.5. The van der Waals surface area contributed by atoms with Gasteiger partial charge in [0.25, 0.3) is 0 Å². The number of guanidine groups is 1. The van der Waals surface area contributed by atoms with Gasteiger partial charge in [0.1, 0.15) is 11.5 Å². The maximum atomic E-state index is 6.10. The number of ether oxygens (including phenoxy) is 2. The Balaban J connectivity index is 1.70.